The smallest absolute Gasteiger partial charge is 0.230 e. The lowest BCUT2D eigenvalue weighted by Gasteiger charge is -2.21. The Morgan fingerprint density at radius 2 is 2.33 bits per heavy atom. The molecule has 1 amide bonds. The predicted octanol–water partition coefficient (Wildman–Crippen LogP) is 2.04. The molecule has 1 atom stereocenters. The van der Waals surface area contributed by atoms with Gasteiger partial charge in [-0.05, 0) is 24.3 Å². The third-order valence-corrected chi connectivity index (χ3v) is 4.53. The van der Waals surface area contributed by atoms with E-state index in [1.807, 2.05) is 43.1 Å². The predicted molar refractivity (Wildman–Crippen MR) is 81.2 cm³/mol. The summed E-state index contributed by atoms with van der Waals surface area (Å²) in [5, 5.41) is 0. The van der Waals surface area contributed by atoms with Crippen molar-refractivity contribution >= 4 is 40.6 Å². The summed E-state index contributed by atoms with van der Waals surface area (Å²) in [5.41, 5.74) is 7.25. The van der Waals surface area contributed by atoms with Gasteiger partial charge in [-0.3, -0.25) is 4.79 Å². The van der Waals surface area contributed by atoms with Crippen molar-refractivity contribution in [1.29, 1.82) is 0 Å². The topological polar surface area (TPSA) is 46.3 Å². The molecule has 2 N–H and O–H groups in total. The number of carbonyl (C=O) groups excluding carboxylic acids is 1. The number of carbonyl (C=O) groups is 1. The van der Waals surface area contributed by atoms with Crippen molar-refractivity contribution in [3.8, 4) is 0 Å². The standard InChI is InChI=1S/C13H16N2OS2/c1-15(13(16)10-5-6-18-8-10)11-4-2-3-9(7-11)12(14)17/h2-4,7,10H,5-6,8H2,1H3,(H2,14,17). The Balaban J connectivity index is 2.17. The van der Waals surface area contributed by atoms with Gasteiger partial charge in [0, 0.05) is 30.0 Å². The van der Waals surface area contributed by atoms with Crippen LogP contribution in [0.3, 0.4) is 0 Å². The molecule has 0 bridgehead atoms. The van der Waals surface area contributed by atoms with Crippen LogP contribution in [-0.2, 0) is 4.79 Å². The van der Waals surface area contributed by atoms with E-state index in [9.17, 15) is 4.79 Å². The average molecular weight is 280 g/mol. The van der Waals surface area contributed by atoms with E-state index in [0.717, 1.165) is 29.2 Å². The van der Waals surface area contributed by atoms with E-state index < -0.39 is 0 Å². The first-order chi connectivity index (χ1) is 8.59. The number of nitrogens with zero attached hydrogens (tertiary/aromatic N) is 1. The molecule has 0 radical (unpaired) electrons. The number of thioether (sulfide) groups is 1. The third kappa shape index (κ3) is 2.84. The Kier molecular flexibility index (Phi) is 4.24. The number of hydrogen-bond acceptors (Lipinski definition) is 3. The zero-order valence-corrected chi connectivity index (χ0v) is 11.9. The first kappa shape index (κ1) is 13.4. The average Bonchev–Trinajstić information content (AvgIpc) is 2.91. The number of nitrogens with two attached hydrogens (primary N) is 1. The molecular weight excluding hydrogens is 264 g/mol. The number of anilines is 1. The molecule has 1 aliphatic heterocycles. The second kappa shape index (κ2) is 5.71. The molecule has 5 heteroatoms. The number of thiocarbonyl (C=S) groups is 1. The van der Waals surface area contributed by atoms with E-state index >= 15 is 0 Å². The van der Waals surface area contributed by atoms with Crippen LogP contribution < -0.4 is 10.6 Å². The molecule has 18 heavy (non-hydrogen) atoms. The van der Waals surface area contributed by atoms with Gasteiger partial charge in [-0.2, -0.15) is 11.8 Å². The van der Waals surface area contributed by atoms with Crippen molar-refractivity contribution in [2.45, 2.75) is 6.42 Å². The molecule has 0 aliphatic carbocycles. The molecule has 2 rings (SSSR count). The molecule has 0 spiro atoms. The number of amides is 1. The van der Waals surface area contributed by atoms with Crippen LogP contribution in [0.4, 0.5) is 5.69 Å². The fraction of sp³-hybridized carbons (Fsp3) is 0.385. The lowest BCUT2D eigenvalue weighted by molar-refractivity contribution is -0.121. The summed E-state index contributed by atoms with van der Waals surface area (Å²) in [6.07, 6.45) is 0.975. The molecule has 1 aromatic rings. The minimum atomic E-state index is 0.147. The van der Waals surface area contributed by atoms with Gasteiger partial charge in [-0.25, -0.2) is 0 Å². The zero-order chi connectivity index (χ0) is 13.1. The van der Waals surface area contributed by atoms with E-state index in [4.69, 9.17) is 18.0 Å². The molecule has 0 saturated carbocycles. The Morgan fingerprint density at radius 1 is 1.56 bits per heavy atom. The normalized spacial score (nSPS) is 18.6. The Labute approximate surface area is 117 Å². The second-order valence-electron chi connectivity index (χ2n) is 4.37. The molecule has 3 nitrogen and oxygen atoms in total. The minimum absolute atomic E-state index is 0.147. The van der Waals surface area contributed by atoms with Crippen LogP contribution in [0.2, 0.25) is 0 Å². The first-order valence-electron chi connectivity index (χ1n) is 5.85. The largest absolute Gasteiger partial charge is 0.389 e. The van der Waals surface area contributed by atoms with Crippen LogP contribution in [-0.4, -0.2) is 29.4 Å². The quantitative estimate of drug-likeness (QED) is 0.861. The van der Waals surface area contributed by atoms with Crippen molar-refractivity contribution in [2.75, 3.05) is 23.5 Å². The second-order valence-corrected chi connectivity index (χ2v) is 5.96. The van der Waals surface area contributed by atoms with Crippen molar-refractivity contribution in [3.05, 3.63) is 29.8 Å². The fourth-order valence-electron chi connectivity index (χ4n) is 2.00. The summed E-state index contributed by atoms with van der Waals surface area (Å²) in [6.45, 7) is 0. The van der Waals surface area contributed by atoms with E-state index in [2.05, 4.69) is 0 Å². The molecule has 1 aliphatic rings. The van der Waals surface area contributed by atoms with Crippen LogP contribution >= 0.6 is 24.0 Å². The van der Waals surface area contributed by atoms with Crippen molar-refractivity contribution in [3.63, 3.8) is 0 Å². The van der Waals surface area contributed by atoms with Gasteiger partial charge in [0.25, 0.3) is 0 Å². The van der Waals surface area contributed by atoms with Gasteiger partial charge >= 0.3 is 0 Å². The molecule has 0 aromatic heterocycles. The highest BCUT2D eigenvalue weighted by Crippen LogP contribution is 2.27. The van der Waals surface area contributed by atoms with Crippen LogP contribution in [0.15, 0.2) is 24.3 Å². The third-order valence-electron chi connectivity index (χ3n) is 3.13. The first-order valence-corrected chi connectivity index (χ1v) is 7.41. The Morgan fingerprint density at radius 3 is 2.94 bits per heavy atom. The molecule has 1 heterocycles. The summed E-state index contributed by atoms with van der Waals surface area (Å²) in [5.74, 6) is 2.34. The number of benzene rings is 1. The van der Waals surface area contributed by atoms with Crippen molar-refractivity contribution in [2.24, 2.45) is 11.7 Å². The highest BCUT2D eigenvalue weighted by Gasteiger charge is 2.26. The lowest BCUT2D eigenvalue weighted by Crippen LogP contribution is -2.33. The van der Waals surface area contributed by atoms with Gasteiger partial charge in [0.15, 0.2) is 0 Å². The summed E-state index contributed by atoms with van der Waals surface area (Å²) >= 11 is 6.80. The van der Waals surface area contributed by atoms with Gasteiger partial charge in [0.05, 0.1) is 0 Å². The SMILES string of the molecule is CN(C(=O)C1CCSC1)c1cccc(C(N)=S)c1. The van der Waals surface area contributed by atoms with E-state index in [0.29, 0.717) is 4.99 Å². The monoisotopic (exact) mass is 280 g/mol. The highest BCUT2D eigenvalue weighted by atomic mass is 32.2. The Hall–Kier alpha value is -1.07. The summed E-state index contributed by atoms with van der Waals surface area (Å²) in [7, 11) is 1.81. The van der Waals surface area contributed by atoms with Crippen molar-refractivity contribution in [1.82, 2.24) is 0 Å². The minimum Gasteiger partial charge on any atom is -0.389 e. The van der Waals surface area contributed by atoms with Gasteiger partial charge in [-0.1, -0.05) is 24.4 Å². The summed E-state index contributed by atoms with van der Waals surface area (Å²) < 4.78 is 0. The van der Waals surface area contributed by atoms with Gasteiger partial charge in [-0.15, -0.1) is 0 Å². The fourth-order valence-corrected chi connectivity index (χ4v) is 3.34. The molecular formula is C13H16N2OS2. The summed E-state index contributed by atoms with van der Waals surface area (Å²) in [4.78, 5) is 14.3. The molecule has 1 fully saturated rings. The maximum Gasteiger partial charge on any atom is 0.230 e. The van der Waals surface area contributed by atoms with Gasteiger partial charge in [0.2, 0.25) is 5.91 Å². The highest BCUT2D eigenvalue weighted by molar-refractivity contribution is 7.99. The number of hydrogen-bond donors (Lipinski definition) is 1. The maximum atomic E-state index is 12.3. The maximum absolute atomic E-state index is 12.3. The van der Waals surface area contributed by atoms with Crippen molar-refractivity contribution < 1.29 is 4.79 Å². The summed E-state index contributed by atoms with van der Waals surface area (Å²) in [6, 6.07) is 7.50. The molecule has 1 aromatic carbocycles. The van der Waals surface area contributed by atoms with E-state index in [-0.39, 0.29) is 11.8 Å². The zero-order valence-electron chi connectivity index (χ0n) is 10.3. The lowest BCUT2D eigenvalue weighted by atomic mass is 10.1. The van der Waals surface area contributed by atoms with E-state index in [1.165, 1.54) is 0 Å². The Bertz CT molecular complexity index is 470. The molecule has 1 saturated heterocycles. The molecule has 1 unspecified atom stereocenters. The van der Waals surface area contributed by atoms with Gasteiger partial charge < -0.3 is 10.6 Å². The van der Waals surface area contributed by atoms with Crippen LogP contribution in [0.25, 0.3) is 0 Å². The van der Waals surface area contributed by atoms with Crippen LogP contribution in [0.5, 0.6) is 0 Å². The number of rotatable bonds is 3. The van der Waals surface area contributed by atoms with Gasteiger partial charge in [0.1, 0.15) is 4.99 Å². The molecule has 96 valence electrons. The van der Waals surface area contributed by atoms with Crippen LogP contribution in [0, 0.1) is 5.92 Å². The van der Waals surface area contributed by atoms with Crippen LogP contribution in [0.1, 0.15) is 12.0 Å². The van der Waals surface area contributed by atoms with E-state index in [1.54, 1.807) is 4.90 Å².